The summed E-state index contributed by atoms with van der Waals surface area (Å²) >= 11 is 3.37. The Bertz CT molecular complexity index is 323. The molecule has 0 aliphatic heterocycles. The molecule has 0 radical (unpaired) electrons. The molecular weight excluding hydrogens is 280 g/mol. The number of pyridine rings is 1. The van der Waals surface area contributed by atoms with Crippen LogP contribution < -0.4 is 5.32 Å². The van der Waals surface area contributed by atoms with Gasteiger partial charge in [0.1, 0.15) is 0 Å². The van der Waals surface area contributed by atoms with Crippen LogP contribution >= 0.6 is 15.9 Å². The van der Waals surface area contributed by atoms with Crippen LogP contribution in [0, 0.1) is 0 Å². The predicted octanol–water partition coefficient (Wildman–Crippen LogP) is 2.89. The Morgan fingerprint density at radius 1 is 1.35 bits per heavy atom. The number of rotatable bonds is 6. The molecule has 0 bridgehead atoms. The molecule has 0 unspecified atom stereocenters. The Hall–Kier alpha value is -0.450. The molecule has 1 heterocycles. The van der Waals surface area contributed by atoms with Crippen molar-refractivity contribution < 1.29 is 4.74 Å². The van der Waals surface area contributed by atoms with Gasteiger partial charge >= 0.3 is 0 Å². The SMILES string of the molecule is Brc1ccc(CNCCOC2CCCC2)nc1. The van der Waals surface area contributed by atoms with E-state index in [1.54, 1.807) is 0 Å². The fraction of sp³-hybridized carbons (Fsp3) is 0.615. The Kier molecular flexibility index (Phi) is 5.42. The summed E-state index contributed by atoms with van der Waals surface area (Å²) in [6, 6.07) is 4.04. The number of nitrogens with one attached hydrogen (secondary N) is 1. The molecule has 1 fully saturated rings. The summed E-state index contributed by atoms with van der Waals surface area (Å²) in [5, 5.41) is 3.34. The monoisotopic (exact) mass is 298 g/mol. The van der Waals surface area contributed by atoms with Gasteiger partial charge in [0.25, 0.3) is 0 Å². The second-order valence-electron chi connectivity index (χ2n) is 4.42. The summed E-state index contributed by atoms with van der Waals surface area (Å²) in [4.78, 5) is 4.30. The zero-order chi connectivity index (χ0) is 11.9. The van der Waals surface area contributed by atoms with E-state index in [1.807, 2.05) is 18.3 Å². The molecule has 17 heavy (non-hydrogen) atoms. The lowest BCUT2D eigenvalue weighted by Crippen LogP contribution is -2.22. The summed E-state index contributed by atoms with van der Waals surface area (Å²) in [6.45, 7) is 2.51. The quantitative estimate of drug-likeness (QED) is 0.820. The van der Waals surface area contributed by atoms with Crippen LogP contribution in [0.15, 0.2) is 22.8 Å². The van der Waals surface area contributed by atoms with Gasteiger partial charge < -0.3 is 10.1 Å². The van der Waals surface area contributed by atoms with Gasteiger partial charge in [-0.1, -0.05) is 12.8 Å². The van der Waals surface area contributed by atoms with Crippen LogP contribution in [0.1, 0.15) is 31.4 Å². The minimum atomic E-state index is 0.516. The Morgan fingerprint density at radius 3 is 2.88 bits per heavy atom. The molecule has 0 atom stereocenters. The Balaban J connectivity index is 1.55. The minimum Gasteiger partial charge on any atom is -0.377 e. The third-order valence-electron chi connectivity index (χ3n) is 3.03. The molecule has 1 aliphatic rings. The number of aromatic nitrogens is 1. The van der Waals surface area contributed by atoms with Crippen LogP contribution in [0.5, 0.6) is 0 Å². The first kappa shape index (κ1) is 13.0. The zero-order valence-corrected chi connectivity index (χ0v) is 11.6. The van der Waals surface area contributed by atoms with E-state index < -0.39 is 0 Å². The van der Waals surface area contributed by atoms with Gasteiger partial charge in [0, 0.05) is 23.8 Å². The lowest BCUT2D eigenvalue weighted by Gasteiger charge is -2.11. The van der Waals surface area contributed by atoms with Crippen LogP contribution in [0.4, 0.5) is 0 Å². The van der Waals surface area contributed by atoms with Gasteiger partial charge in [0.2, 0.25) is 0 Å². The second-order valence-corrected chi connectivity index (χ2v) is 5.34. The Labute approximate surface area is 111 Å². The molecule has 0 aromatic carbocycles. The van der Waals surface area contributed by atoms with Gasteiger partial charge in [0.05, 0.1) is 18.4 Å². The van der Waals surface area contributed by atoms with Gasteiger partial charge in [-0.25, -0.2) is 0 Å². The lowest BCUT2D eigenvalue weighted by atomic mass is 10.3. The van der Waals surface area contributed by atoms with Crippen molar-refractivity contribution in [2.45, 2.75) is 38.3 Å². The highest BCUT2D eigenvalue weighted by Crippen LogP contribution is 2.20. The summed E-state index contributed by atoms with van der Waals surface area (Å²) in [7, 11) is 0. The van der Waals surface area contributed by atoms with Crippen LogP contribution in [0.3, 0.4) is 0 Å². The van der Waals surface area contributed by atoms with E-state index in [2.05, 4.69) is 26.2 Å². The highest BCUT2D eigenvalue weighted by molar-refractivity contribution is 9.10. The first-order chi connectivity index (χ1) is 8.34. The fourth-order valence-corrected chi connectivity index (χ4v) is 2.31. The highest BCUT2D eigenvalue weighted by Gasteiger charge is 2.14. The van der Waals surface area contributed by atoms with E-state index in [9.17, 15) is 0 Å². The van der Waals surface area contributed by atoms with Crippen LogP contribution in [0.25, 0.3) is 0 Å². The smallest absolute Gasteiger partial charge is 0.0594 e. The zero-order valence-electron chi connectivity index (χ0n) is 9.99. The van der Waals surface area contributed by atoms with E-state index in [-0.39, 0.29) is 0 Å². The van der Waals surface area contributed by atoms with Gasteiger partial charge in [-0.15, -0.1) is 0 Å². The molecule has 0 saturated heterocycles. The van der Waals surface area contributed by atoms with Crippen molar-refractivity contribution in [2.75, 3.05) is 13.2 Å². The average molecular weight is 299 g/mol. The maximum Gasteiger partial charge on any atom is 0.0594 e. The molecule has 2 rings (SSSR count). The normalized spacial score (nSPS) is 16.5. The van der Waals surface area contributed by atoms with E-state index in [1.165, 1.54) is 25.7 Å². The molecule has 1 aromatic rings. The third kappa shape index (κ3) is 4.74. The molecule has 3 nitrogen and oxygen atoms in total. The Morgan fingerprint density at radius 2 is 2.18 bits per heavy atom. The second kappa shape index (κ2) is 7.09. The first-order valence-electron chi connectivity index (χ1n) is 6.27. The van der Waals surface area contributed by atoms with Gasteiger partial charge in [-0.3, -0.25) is 4.98 Å². The third-order valence-corrected chi connectivity index (χ3v) is 3.50. The molecule has 94 valence electrons. The van der Waals surface area contributed by atoms with E-state index >= 15 is 0 Å². The van der Waals surface area contributed by atoms with Crippen LogP contribution in [-0.2, 0) is 11.3 Å². The molecule has 0 spiro atoms. The van der Waals surface area contributed by atoms with Crippen molar-refractivity contribution in [3.63, 3.8) is 0 Å². The number of ether oxygens (including phenoxy) is 1. The number of hydrogen-bond acceptors (Lipinski definition) is 3. The first-order valence-corrected chi connectivity index (χ1v) is 7.06. The summed E-state index contributed by atoms with van der Waals surface area (Å²) in [6.07, 6.45) is 7.50. The molecular formula is C13H19BrN2O. The van der Waals surface area contributed by atoms with Gasteiger partial charge in [-0.05, 0) is 40.9 Å². The summed E-state index contributed by atoms with van der Waals surface area (Å²) in [5.41, 5.74) is 1.06. The number of nitrogens with zero attached hydrogens (tertiary/aromatic N) is 1. The number of halogens is 1. The molecule has 1 aromatic heterocycles. The van der Waals surface area contributed by atoms with E-state index in [4.69, 9.17) is 4.74 Å². The molecule has 1 saturated carbocycles. The largest absolute Gasteiger partial charge is 0.377 e. The van der Waals surface area contributed by atoms with E-state index in [0.29, 0.717) is 6.10 Å². The lowest BCUT2D eigenvalue weighted by molar-refractivity contribution is 0.0602. The maximum absolute atomic E-state index is 5.77. The van der Waals surface area contributed by atoms with Crippen molar-refractivity contribution in [3.05, 3.63) is 28.5 Å². The van der Waals surface area contributed by atoms with Crippen molar-refractivity contribution in [1.82, 2.24) is 10.3 Å². The summed E-state index contributed by atoms with van der Waals surface area (Å²) < 4.78 is 6.79. The predicted molar refractivity (Wildman–Crippen MR) is 71.9 cm³/mol. The standard InChI is InChI=1S/C13H19BrN2O/c14-11-5-6-12(16-9-11)10-15-7-8-17-13-3-1-2-4-13/h5-6,9,13,15H,1-4,7-8,10H2. The minimum absolute atomic E-state index is 0.516. The van der Waals surface area contributed by atoms with Crippen molar-refractivity contribution in [1.29, 1.82) is 0 Å². The van der Waals surface area contributed by atoms with E-state index in [0.717, 1.165) is 29.9 Å². The molecule has 4 heteroatoms. The average Bonchev–Trinajstić information content (AvgIpc) is 2.84. The van der Waals surface area contributed by atoms with Crippen LogP contribution in [0.2, 0.25) is 0 Å². The maximum atomic E-state index is 5.77. The van der Waals surface area contributed by atoms with Gasteiger partial charge in [-0.2, -0.15) is 0 Å². The highest BCUT2D eigenvalue weighted by atomic mass is 79.9. The van der Waals surface area contributed by atoms with Crippen molar-refractivity contribution in [2.24, 2.45) is 0 Å². The molecule has 0 amide bonds. The van der Waals surface area contributed by atoms with Crippen molar-refractivity contribution >= 4 is 15.9 Å². The topological polar surface area (TPSA) is 34.1 Å². The van der Waals surface area contributed by atoms with Gasteiger partial charge in [0.15, 0.2) is 0 Å². The van der Waals surface area contributed by atoms with Crippen LogP contribution in [-0.4, -0.2) is 24.2 Å². The van der Waals surface area contributed by atoms with Crippen molar-refractivity contribution in [3.8, 4) is 0 Å². The summed E-state index contributed by atoms with van der Waals surface area (Å²) in [5.74, 6) is 0. The number of hydrogen-bond donors (Lipinski definition) is 1. The fourth-order valence-electron chi connectivity index (χ4n) is 2.08. The molecule has 1 aliphatic carbocycles. The molecule has 1 N–H and O–H groups in total.